The monoisotopic (exact) mass is 306 g/mol. The molecule has 0 radical (unpaired) electrons. The van der Waals surface area contributed by atoms with Gasteiger partial charge in [0.25, 0.3) is 5.56 Å². The standard InChI is InChI=1S/C15H18N2O3S/c18-12(19)7-3-6-11-16-14(20)13-10(8-21-15(13)17-11)9-4-1-2-5-9/h8-9H,1-7H2,(H,18,19)(H,16,17,20). The molecule has 1 fully saturated rings. The van der Waals surface area contributed by atoms with E-state index in [0.29, 0.717) is 24.6 Å². The Balaban J connectivity index is 1.87. The first-order valence-corrected chi connectivity index (χ1v) is 8.25. The van der Waals surface area contributed by atoms with Gasteiger partial charge >= 0.3 is 5.97 Å². The number of hydrogen-bond donors (Lipinski definition) is 2. The molecule has 2 heterocycles. The van der Waals surface area contributed by atoms with Crippen molar-refractivity contribution in [1.29, 1.82) is 0 Å². The summed E-state index contributed by atoms with van der Waals surface area (Å²) < 4.78 is 0. The second-order valence-corrected chi connectivity index (χ2v) is 6.47. The van der Waals surface area contributed by atoms with Gasteiger partial charge in [-0.2, -0.15) is 0 Å². The van der Waals surface area contributed by atoms with E-state index in [1.807, 2.05) is 0 Å². The van der Waals surface area contributed by atoms with Gasteiger partial charge in [-0.15, -0.1) is 11.3 Å². The van der Waals surface area contributed by atoms with Gasteiger partial charge in [-0.1, -0.05) is 12.8 Å². The van der Waals surface area contributed by atoms with Gasteiger partial charge in [0, 0.05) is 12.8 Å². The number of aryl methyl sites for hydroxylation is 1. The van der Waals surface area contributed by atoms with Crippen molar-refractivity contribution < 1.29 is 9.90 Å². The lowest BCUT2D eigenvalue weighted by Crippen LogP contribution is -2.13. The Kier molecular flexibility index (Phi) is 4.05. The summed E-state index contributed by atoms with van der Waals surface area (Å²) in [5.74, 6) is 0.270. The lowest BCUT2D eigenvalue weighted by molar-refractivity contribution is -0.137. The van der Waals surface area contributed by atoms with E-state index in [1.54, 1.807) is 0 Å². The fourth-order valence-corrected chi connectivity index (χ4v) is 4.12. The summed E-state index contributed by atoms with van der Waals surface area (Å²) >= 11 is 1.52. The van der Waals surface area contributed by atoms with Crippen LogP contribution in [0.25, 0.3) is 10.2 Å². The maximum Gasteiger partial charge on any atom is 0.303 e. The highest BCUT2D eigenvalue weighted by Crippen LogP contribution is 2.38. The first-order valence-electron chi connectivity index (χ1n) is 7.37. The van der Waals surface area contributed by atoms with Gasteiger partial charge in [0.05, 0.1) is 5.39 Å². The van der Waals surface area contributed by atoms with Crippen molar-refractivity contribution in [2.45, 2.75) is 50.9 Å². The summed E-state index contributed by atoms with van der Waals surface area (Å²) in [6.45, 7) is 0. The zero-order valence-corrected chi connectivity index (χ0v) is 12.5. The molecule has 0 spiro atoms. The topological polar surface area (TPSA) is 83.0 Å². The van der Waals surface area contributed by atoms with Crippen molar-refractivity contribution >= 4 is 27.5 Å². The minimum absolute atomic E-state index is 0.0755. The van der Waals surface area contributed by atoms with Crippen LogP contribution in [0.1, 0.15) is 55.8 Å². The van der Waals surface area contributed by atoms with E-state index in [-0.39, 0.29) is 12.0 Å². The van der Waals surface area contributed by atoms with Crippen molar-refractivity contribution in [1.82, 2.24) is 9.97 Å². The molecule has 0 atom stereocenters. The number of carboxylic acids is 1. The molecule has 0 amide bonds. The molecule has 2 aromatic heterocycles. The zero-order valence-electron chi connectivity index (χ0n) is 11.7. The van der Waals surface area contributed by atoms with Crippen LogP contribution in [0.2, 0.25) is 0 Å². The summed E-state index contributed by atoms with van der Waals surface area (Å²) in [4.78, 5) is 31.0. The summed E-state index contributed by atoms with van der Waals surface area (Å²) in [6.07, 6.45) is 5.87. The number of nitrogens with zero attached hydrogens (tertiary/aromatic N) is 1. The Labute approximate surface area is 126 Å². The van der Waals surface area contributed by atoms with Crippen LogP contribution in [0.4, 0.5) is 0 Å². The number of aromatic amines is 1. The summed E-state index contributed by atoms with van der Waals surface area (Å²) in [7, 11) is 0. The summed E-state index contributed by atoms with van der Waals surface area (Å²) in [5.41, 5.74) is 1.08. The molecular formula is C15H18N2O3S. The number of thiophene rings is 1. The lowest BCUT2D eigenvalue weighted by atomic mass is 9.98. The van der Waals surface area contributed by atoms with Crippen LogP contribution >= 0.6 is 11.3 Å². The first kappa shape index (κ1) is 14.3. The average molecular weight is 306 g/mol. The number of H-pyrrole nitrogens is 1. The molecule has 112 valence electrons. The molecule has 1 aliphatic rings. The maximum absolute atomic E-state index is 12.3. The number of aliphatic carboxylic acids is 1. The first-order chi connectivity index (χ1) is 10.1. The van der Waals surface area contributed by atoms with E-state index in [4.69, 9.17) is 5.11 Å². The number of rotatable bonds is 5. The molecular weight excluding hydrogens is 288 g/mol. The van der Waals surface area contributed by atoms with Gasteiger partial charge in [0.1, 0.15) is 10.7 Å². The van der Waals surface area contributed by atoms with E-state index in [0.717, 1.165) is 28.6 Å². The van der Waals surface area contributed by atoms with Crippen molar-refractivity contribution in [2.75, 3.05) is 0 Å². The molecule has 0 saturated heterocycles. The molecule has 0 aromatic carbocycles. The van der Waals surface area contributed by atoms with E-state index in [1.165, 1.54) is 24.2 Å². The minimum Gasteiger partial charge on any atom is -0.481 e. The Bertz CT molecular complexity index is 713. The third kappa shape index (κ3) is 3.00. The summed E-state index contributed by atoms with van der Waals surface area (Å²) in [6, 6.07) is 0. The SMILES string of the molecule is O=C(O)CCCc1nc2scc(C3CCCC3)c2c(=O)[nH]1. The van der Waals surface area contributed by atoms with Crippen LogP contribution < -0.4 is 5.56 Å². The second kappa shape index (κ2) is 5.97. The number of aromatic nitrogens is 2. The average Bonchev–Trinajstić information content (AvgIpc) is 3.06. The Hall–Kier alpha value is -1.69. The number of carbonyl (C=O) groups is 1. The fraction of sp³-hybridized carbons (Fsp3) is 0.533. The van der Waals surface area contributed by atoms with E-state index < -0.39 is 5.97 Å². The quantitative estimate of drug-likeness (QED) is 0.889. The van der Waals surface area contributed by atoms with Crippen LogP contribution in [-0.4, -0.2) is 21.0 Å². The number of nitrogens with one attached hydrogen (secondary N) is 1. The third-order valence-electron chi connectivity index (χ3n) is 4.12. The molecule has 2 aromatic rings. The van der Waals surface area contributed by atoms with Gasteiger partial charge in [0.15, 0.2) is 0 Å². The van der Waals surface area contributed by atoms with E-state index >= 15 is 0 Å². The smallest absolute Gasteiger partial charge is 0.303 e. The van der Waals surface area contributed by atoms with Crippen molar-refractivity contribution in [3.8, 4) is 0 Å². The van der Waals surface area contributed by atoms with E-state index in [9.17, 15) is 9.59 Å². The number of hydrogen-bond acceptors (Lipinski definition) is 4. The minimum atomic E-state index is -0.821. The molecule has 2 N–H and O–H groups in total. The molecule has 3 rings (SSSR count). The van der Waals surface area contributed by atoms with Crippen molar-refractivity contribution in [3.05, 3.63) is 27.1 Å². The maximum atomic E-state index is 12.3. The van der Waals surface area contributed by atoms with Crippen LogP contribution in [-0.2, 0) is 11.2 Å². The van der Waals surface area contributed by atoms with Gasteiger partial charge in [-0.05, 0) is 36.1 Å². The highest BCUT2D eigenvalue weighted by Gasteiger charge is 2.22. The van der Waals surface area contributed by atoms with Crippen molar-refractivity contribution in [3.63, 3.8) is 0 Å². The van der Waals surface area contributed by atoms with Gasteiger partial charge in [-0.25, -0.2) is 4.98 Å². The largest absolute Gasteiger partial charge is 0.481 e. The lowest BCUT2D eigenvalue weighted by Gasteiger charge is -2.07. The number of carboxylic acid groups (broad SMARTS) is 1. The van der Waals surface area contributed by atoms with Gasteiger partial charge in [-0.3, -0.25) is 9.59 Å². The Morgan fingerprint density at radius 3 is 2.90 bits per heavy atom. The molecule has 21 heavy (non-hydrogen) atoms. The Morgan fingerprint density at radius 2 is 2.19 bits per heavy atom. The highest BCUT2D eigenvalue weighted by atomic mass is 32.1. The second-order valence-electron chi connectivity index (χ2n) is 5.61. The molecule has 0 aliphatic heterocycles. The molecule has 5 nitrogen and oxygen atoms in total. The third-order valence-corrected chi connectivity index (χ3v) is 5.01. The Morgan fingerprint density at radius 1 is 1.43 bits per heavy atom. The molecule has 1 saturated carbocycles. The number of fused-ring (bicyclic) bond motifs is 1. The zero-order chi connectivity index (χ0) is 14.8. The van der Waals surface area contributed by atoms with Crippen molar-refractivity contribution in [2.24, 2.45) is 0 Å². The fourth-order valence-electron chi connectivity index (χ4n) is 3.08. The molecule has 0 bridgehead atoms. The van der Waals surface area contributed by atoms with Crippen LogP contribution in [0.5, 0.6) is 0 Å². The predicted octanol–water partition coefficient (Wildman–Crippen LogP) is 3.05. The molecule has 6 heteroatoms. The predicted molar refractivity (Wildman–Crippen MR) is 82.0 cm³/mol. The van der Waals surface area contributed by atoms with Gasteiger partial charge in [0.2, 0.25) is 0 Å². The van der Waals surface area contributed by atoms with Crippen LogP contribution in [0.15, 0.2) is 10.2 Å². The van der Waals surface area contributed by atoms with E-state index in [2.05, 4.69) is 15.3 Å². The molecule has 0 unspecified atom stereocenters. The normalized spacial score (nSPS) is 15.8. The highest BCUT2D eigenvalue weighted by molar-refractivity contribution is 7.16. The van der Waals surface area contributed by atoms with Gasteiger partial charge < -0.3 is 10.1 Å². The summed E-state index contributed by atoms with van der Waals surface area (Å²) in [5, 5.41) is 11.5. The van der Waals surface area contributed by atoms with Crippen LogP contribution in [0.3, 0.4) is 0 Å². The van der Waals surface area contributed by atoms with Crippen LogP contribution in [0, 0.1) is 0 Å². The molecule has 1 aliphatic carbocycles.